The molecule has 1 atom stereocenters. The number of carbonyl (C=O) groups is 1. The van der Waals surface area contributed by atoms with Gasteiger partial charge in [-0.05, 0) is 19.9 Å². The van der Waals surface area contributed by atoms with E-state index in [2.05, 4.69) is 0 Å². The number of carboxylic acids is 1. The molecule has 5 heteroatoms. The summed E-state index contributed by atoms with van der Waals surface area (Å²) in [5, 5.41) is 19.0. The number of aromatic hydroxyl groups is 1. The van der Waals surface area contributed by atoms with Crippen LogP contribution in [0, 0.1) is 6.92 Å². The highest BCUT2D eigenvalue weighted by molar-refractivity contribution is 6.32. The summed E-state index contributed by atoms with van der Waals surface area (Å²) in [5.41, 5.74) is 0.730. The van der Waals surface area contributed by atoms with Crippen LogP contribution in [0.2, 0.25) is 5.02 Å². The van der Waals surface area contributed by atoms with Gasteiger partial charge >= 0.3 is 5.97 Å². The van der Waals surface area contributed by atoms with Crippen LogP contribution in [0.1, 0.15) is 24.0 Å². The average Bonchev–Trinajstić information content (AvgIpc) is 2.23. The third kappa shape index (κ3) is 2.07. The second kappa shape index (κ2) is 4.61. The monoisotopic (exact) mass is 244 g/mol. The summed E-state index contributed by atoms with van der Waals surface area (Å²) in [6, 6.07) is 1.42. The minimum atomic E-state index is -1.02. The summed E-state index contributed by atoms with van der Waals surface area (Å²) in [7, 11) is 1.44. The maximum atomic E-state index is 10.8. The van der Waals surface area contributed by atoms with Crippen molar-refractivity contribution in [3.63, 3.8) is 0 Å². The zero-order chi connectivity index (χ0) is 12.5. The molecule has 0 heterocycles. The first-order valence-electron chi connectivity index (χ1n) is 4.68. The summed E-state index contributed by atoms with van der Waals surface area (Å²) in [4.78, 5) is 10.8. The molecule has 2 N–H and O–H groups in total. The van der Waals surface area contributed by atoms with Crippen LogP contribution in [0.3, 0.4) is 0 Å². The molecule has 0 amide bonds. The molecule has 0 aromatic heterocycles. The van der Waals surface area contributed by atoms with Crippen molar-refractivity contribution in [2.75, 3.05) is 7.11 Å². The van der Waals surface area contributed by atoms with Gasteiger partial charge in [0.25, 0.3) is 0 Å². The zero-order valence-corrected chi connectivity index (χ0v) is 10.00. The minimum Gasteiger partial charge on any atom is -0.507 e. The van der Waals surface area contributed by atoms with E-state index in [1.165, 1.54) is 20.1 Å². The van der Waals surface area contributed by atoms with Crippen molar-refractivity contribution >= 4 is 17.6 Å². The minimum absolute atomic E-state index is 0.0869. The number of methoxy groups -OCH3 is 1. The Morgan fingerprint density at radius 3 is 2.56 bits per heavy atom. The number of phenols is 1. The molecule has 0 aliphatic carbocycles. The van der Waals surface area contributed by atoms with E-state index in [0.717, 1.165) is 0 Å². The highest BCUT2D eigenvalue weighted by Crippen LogP contribution is 2.40. The molecule has 0 spiro atoms. The number of hydrogen-bond acceptors (Lipinski definition) is 3. The highest BCUT2D eigenvalue weighted by Gasteiger charge is 2.22. The van der Waals surface area contributed by atoms with E-state index >= 15 is 0 Å². The van der Waals surface area contributed by atoms with Crippen LogP contribution in [0.4, 0.5) is 0 Å². The van der Waals surface area contributed by atoms with Crippen molar-refractivity contribution in [1.82, 2.24) is 0 Å². The summed E-state index contributed by atoms with van der Waals surface area (Å²) >= 11 is 5.93. The van der Waals surface area contributed by atoms with Crippen LogP contribution in [-0.4, -0.2) is 23.3 Å². The van der Waals surface area contributed by atoms with Crippen molar-refractivity contribution in [3.8, 4) is 11.5 Å². The lowest BCUT2D eigenvalue weighted by Crippen LogP contribution is -2.08. The van der Waals surface area contributed by atoms with Gasteiger partial charge in [-0.15, -0.1) is 0 Å². The van der Waals surface area contributed by atoms with Gasteiger partial charge in [-0.1, -0.05) is 11.6 Å². The molecular weight excluding hydrogens is 232 g/mol. The van der Waals surface area contributed by atoms with Crippen LogP contribution < -0.4 is 4.74 Å². The van der Waals surface area contributed by atoms with E-state index in [4.69, 9.17) is 21.4 Å². The molecule has 88 valence electrons. The van der Waals surface area contributed by atoms with Gasteiger partial charge in [0.05, 0.1) is 18.1 Å². The topological polar surface area (TPSA) is 66.8 Å². The normalized spacial score (nSPS) is 12.2. The Hall–Kier alpha value is -1.42. The molecule has 1 aromatic carbocycles. The largest absolute Gasteiger partial charge is 0.507 e. The van der Waals surface area contributed by atoms with Crippen LogP contribution in [0.15, 0.2) is 6.07 Å². The molecule has 0 saturated carbocycles. The first-order valence-corrected chi connectivity index (χ1v) is 5.06. The number of benzene rings is 1. The van der Waals surface area contributed by atoms with E-state index in [1.807, 2.05) is 0 Å². The molecule has 0 radical (unpaired) electrons. The van der Waals surface area contributed by atoms with Crippen LogP contribution in [-0.2, 0) is 4.79 Å². The molecule has 0 aliphatic rings. The zero-order valence-electron chi connectivity index (χ0n) is 9.24. The third-order valence-electron chi connectivity index (χ3n) is 2.51. The number of aliphatic carboxylic acids is 1. The van der Waals surface area contributed by atoms with Crippen molar-refractivity contribution in [2.45, 2.75) is 19.8 Å². The number of hydrogen-bond donors (Lipinski definition) is 2. The molecule has 1 aromatic rings. The van der Waals surface area contributed by atoms with Gasteiger partial charge in [-0.3, -0.25) is 4.79 Å². The van der Waals surface area contributed by atoms with Crippen molar-refractivity contribution in [2.24, 2.45) is 0 Å². The molecular formula is C11H13ClO4. The number of rotatable bonds is 3. The predicted octanol–water partition coefficient (Wildman–Crippen LogP) is 2.55. The molecule has 0 aliphatic heterocycles. The first kappa shape index (κ1) is 12.6. The average molecular weight is 245 g/mol. The lowest BCUT2D eigenvalue weighted by molar-refractivity contribution is -0.138. The van der Waals surface area contributed by atoms with Crippen LogP contribution in [0.5, 0.6) is 11.5 Å². The Kier molecular flexibility index (Phi) is 3.65. The fourth-order valence-corrected chi connectivity index (χ4v) is 1.82. The standard InChI is InChI=1S/C11H13ClO4/c1-5(11(14)15)7-4-8(12)10(16-3)6(2)9(7)13/h4-5,13H,1-3H3,(H,14,15). The van der Waals surface area contributed by atoms with E-state index in [-0.39, 0.29) is 11.3 Å². The van der Waals surface area contributed by atoms with Crippen LogP contribution in [0.25, 0.3) is 0 Å². The van der Waals surface area contributed by atoms with Gasteiger partial charge in [0.1, 0.15) is 11.5 Å². The summed E-state index contributed by atoms with van der Waals surface area (Å²) in [6.45, 7) is 3.11. The van der Waals surface area contributed by atoms with Crippen molar-refractivity contribution in [1.29, 1.82) is 0 Å². The molecule has 0 bridgehead atoms. The van der Waals surface area contributed by atoms with Gasteiger partial charge in [0.15, 0.2) is 0 Å². The van der Waals surface area contributed by atoms with Gasteiger partial charge in [-0.25, -0.2) is 0 Å². The summed E-state index contributed by atoms with van der Waals surface area (Å²) in [5.74, 6) is -1.56. The van der Waals surface area contributed by atoms with E-state index in [0.29, 0.717) is 16.3 Å². The molecule has 1 rings (SSSR count). The number of phenolic OH excluding ortho intramolecular Hbond substituents is 1. The quantitative estimate of drug-likeness (QED) is 0.858. The number of halogens is 1. The van der Waals surface area contributed by atoms with Crippen molar-refractivity contribution < 1.29 is 19.7 Å². The molecule has 1 unspecified atom stereocenters. The Morgan fingerprint density at radius 1 is 1.56 bits per heavy atom. The number of carboxylic acid groups (broad SMARTS) is 1. The molecule has 0 saturated heterocycles. The second-order valence-electron chi connectivity index (χ2n) is 3.51. The van der Waals surface area contributed by atoms with Gasteiger partial charge in [0.2, 0.25) is 0 Å². The SMILES string of the molecule is COc1c(Cl)cc(C(C)C(=O)O)c(O)c1C. The Balaban J connectivity index is 3.39. The summed E-state index contributed by atoms with van der Waals surface area (Å²) in [6.07, 6.45) is 0. The number of ether oxygens (including phenoxy) is 1. The Labute approximate surface area is 98.4 Å². The molecule has 4 nitrogen and oxygen atoms in total. The van der Waals surface area contributed by atoms with E-state index < -0.39 is 11.9 Å². The lowest BCUT2D eigenvalue weighted by Gasteiger charge is -2.15. The lowest BCUT2D eigenvalue weighted by atomic mass is 9.97. The van der Waals surface area contributed by atoms with Gasteiger partial charge in [-0.2, -0.15) is 0 Å². The van der Waals surface area contributed by atoms with Crippen molar-refractivity contribution in [3.05, 3.63) is 22.2 Å². The Morgan fingerprint density at radius 2 is 2.12 bits per heavy atom. The van der Waals surface area contributed by atoms with Crippen LogP contribution >= 0.6 is 11.6 Å². The molecule has 16 heavy (non-hydrogen) atoms. The van der Waals surface area contributed by atoms with Gasteiger partial charge in [0, 0.05) is 11.1 Å². The highest BCUT2D eigenvalue weighted by atomic mass is 35.5. The maximum absolute atomic E-state index is 10.8. The predicted molar refractivity (Wildman–Crippen MR) is 60.5 cm³/mol. The Bertz CT molecular complexity index is 428. The maximum Gasteiger partial charge on any atom is 0.310 e. The summed E-state index contributed by atoms with van der Waals surface area (Å²) < 4.78 is 5.01. The molecule has 0 fully saturated rings. The third-order valence-corrected chi connectivity index (χ3v) is 2.79. The fourth-order valence-electron chi connectivity index (χ4n) is 1.49. The van der Waals surface area contributed by atoms with Gasteiger partial charge < -0.3 is 14.9 Å². The second-order valence-corrected chi connectivity index (χ2v) is 3.92. The smallest absolute Gasteiger partial charge is 0.310 e. The fraction of sp³-hybridized carbons (Fsp3) is 0.364. The van der Waals surface area contributed by atoms with E-state index in [9.17, 15) is 9.90 Å². The van der Waals surface area contributed by atoms with E-state index in [1.54, 1.807) is 6.92 Å². The first-order chi connectivity index (χ1) is 7.40.